The van der Waals surface area contributed by atoms with Gasteiger partial charge in [0.1, 0.15) is 11.6 Å². The highest BCUT2D eigenvalue weighted by atomic mass is 16.3. The minimum atomic E-state index is -0.503. The second kappa shape index (κ2) is 8.27. The van der Waals surface area contributed by atoms with Crippen LogP contribution in [0.15, 0.2) is 39.3 Å². The van der Waals surface area contributed by atoms with Crippen molar-refractivity contribution in [2.24, 2.45) is 16.1 Å². The lowest BCUT2D eigenvalue weighted by Gasteiger charge is -2.14. The van der Waals surface area contributed by atoms with E-state index in [1.165, 1.54) is 6.92 Å². The molecule has 8 nitrogen and oxygen atoms in total. The Balaban J connectivity index is 2.46. The van der Waals surface area contributed by atoms with Gasteiger partial charge in [-0.25, -0.2) is 0 Å². The van der Waals surface area contributed by atoms with Crippen molar-refractivity contribution in [1.29, 1.82) is 5.26 Å². The largest absolute Gasteiger partial charge is 0.493 e. The maximum Gasteiger partial charge on any atom is 0.281 e. The molecule has 2 rings (SSSR count). The van der Waals surface area contributed by atoms with Gasteiger partial charge in [0.05, 0.1) is 5.69 Å². The Morgan fingerprint density at radius 1 is 1.30 bits per heavy atom. The van der Waals surface area contributed by atoms with Gasteiger partial charge in [-0.3, -0.25) is 14.2 Å². The minimum absolute atomic E-state index is 0.00482. The van der Waals surface area contributed by atoms with E-state index in [1.54, 1.807) is 31.2 Å². The van der Waals surface area contributed by atoms with Crippen LogP contribution in [0.3, 0.4) is 0 Å². The van der Waals surface area contributed by atoms with E-state index in [4.69, 9.17) is 0 Å². The van der Waals surface area contributed by atoms with E-state index in [2.05, 4.69) is 15.5 Å². The molecule has 2 N–H and O–H groups in total. The molecule has 0 unspecified atom stereocenters. The first kappa shape index (κ1) is 19.8. The van der Waals surface area contributed by atoms with E-state index in [-0.39, 0.29) is 41.1 Å². The lowest BCUT2D eigenvalue weighted by Crippen LogP contribution is -2.24. The average molecular weight is 367 g/mol. The monoisotopic (exact) mass is 367 g/mol. The highest BCUT2D eigenvalue weighted by Gasteiger charge is 2.19. The van der Waals surface area contributed by atoms with Crippen LogP contribution in [0, 0.1) is 24.2 Å². The average Bonchev–Trinajstić information content (AvgIpc) is 2.60. The van der Waals surface area contributed by atoms with E-state index >= 15 is 0 Å². The molecule has 0 aliphatic rings. The van der Waals surface area contributed by atoms with Gasteiger partial charge in [-0.15, -0.1) is 5.11 Å². The standard InChI is InChI=1S/C19H21N5O3/c1-11(2)10-24-18(26)16(9-20)12(3)17(19(24)27)23-22-15-7-5-14(6-8-15)21-13(4)25/h5-8,11,26H,10H2,1-4H3,(H,21,25). The summed E-state index contributed by atoms with van der Waals surface area (Å²) in [5.41, 5.74) is 0.884. The summed E-state index contributed by atoms with van der Waals surface area (Å²) >= 11 is 0. The molecule has 1 heterocycles. The normalized spacial score (nSPS) is 11.0. The highest BCUT2D eigenvalue weighted by molar-refractivity contribution is 5.88. The fourth-order valence-corrected chi connectivity index (χ4v) is 2.51. The molecule has 1 aromatic heterocycles. The molecule has 27 heavy (non-hydrogen) atoms. The van der Waals surface area contributed by atoms with Crippen LogP contribution in [0.25, 0.3) is 0 Å². The maximum absolute atomic E-state index is 12.7. The number of hydrogen-bond acceptors (Lipinski definition) is 6. The molecule has 0 saturated carbocycles. The predicted octanol–water partition coefficient (Wildman–Crippen LogP) is 3.76. The number of hydrogen-bond donors (Lipinski definition) is 2. The van der Waals surface area contributed by atoms with Gasteiger partial charge < -0.3 is 10.4 Å². The fourth-order valence-electron chi connectivity index (χ4n) is 2.51. The maximum atomic E-state index is 12.7. The molecule has 140 valence electrons. The zero-order valence-corrected chi connectivity index (χ0v) is 15.6. The van der Waals surface area contributed by atoms with Crippen molar-refractivity contribution in [3.63, 3.8) is 0 Å². The Kier molecular flexibility index (Phi) is 6.08. The summed E-state index contributed by atoms with van der Waals surface area (Å²) in [6.45, 7) is 7.02. The second-order valence-electron chi connectivity index (χ2n) is 6.52. The smallest absolute Gasteiger partial charge is 0.281 e. The fraction of sp³-hybridized carbons (Fsp3) is 0.316. The molecule has 0 aliphatic heterocycles. The Labute approximate surface area is 156 Å². The third-order valence-corrected chi connectivity index (χ3v) is 3.77. The molecule has 0 spiro atoms. The quantitative estimate of drug-likeness (QED) is 0.782. The lowest BCUT2D eigenvalue weighted by molar-refractivity contribution is -0.114. The zero-order chi connectivity index (χ0) is 20.1. The SMILES string of the molecule is CC(=O)Nc1ccc(N=Nc2c(C)c(C#N)c(O)n(CC(C)C)c2=O)cc1. The highest BCUT2D eigenvalue weighted by Crippen LogP contribution is 2.27. The van der Waals surface area contributed by atoms with Crippen molar-refractivity contribution < 1.29 is 9.90 Å². The van der Waals surface area contributed by atoms with Crippen molar-refractivity contribution in [1.82, 2.24) is 4.57 Å². The van der Waals surface area contributed by atoms with Gasteiger partial charge in [0, 0.05) is 24.7 Å². The number of nitrogens with zero attached hydrogens (tertiary/aromatic N) is 4. The first-order valence-electron chi connectivity index (χ1n) is 8.40. The number of amides is 1. The molecule has 1 amide bonds. The number of carbonyl (C=O) groups excluding carboxylic acids is 1. The van der Waals surface area contributed by atoms with Gasteiger partial charge in [0.15, 0.2) is 5.69 Å². The summed E-state index contributed by atoms with van der Waals surface area (Å²) in [6.07, 6.45) is 0. The van der Waals surface area contributed by atoms with Gasteiger partial charge in [0.2, 0.25) is 11.8 Å². The lowest BCUT2D eigenvalue weighted by atomic mass is 10.1. The van der Waals surface area contributed by atoms with E-state index in [0.29, 0.717) is 11.4 Å². The van der Waals surface area contributed by atoms with Gasteiger partial charge in [-0.1, -0.05) is 13.8 Å². The number of benzene rings is 1. The van der Waals surface area contributed by atoms with E-state index < -0.39 is 5.56 Å². The van der Waals surface area contributed by atoms with Gasteiger partial charge >= 0.3 is 0 Å². The third kappa shape index (κ3) is 4.58. The summed E-state index contributed by atoms with van der Waals surface area (Å²) in [5, 5.41) is 30.3. The molecule has 2 aromatic rings. The van der Waals surface area contributed by atoms with Crippen molar-refractivity contribution >= 4 is 23.0 Å². The molecule has 1 aromatic carbocycles. The summed E-state index contributed by atoms with van der Waals surface area (Å²) in [7, 11) is 0. The molecule has 0 fully saturated rings. The molecule has 0 bridgehead atoms. The number of carbonyl (C=O) groups is 1. The topological polar surface area (TPSA) is 120 Å². The number of aromatic hydroxyl groups is 1. The number of pyridine rings is 1. The number of aromatic nitrogens is 1. The number of anilines is 1. The van der Waals surface area contributed by atoms with Crippen molar-refractivity contribution in [2.45, 2.75) is 34.2 Å². The summed E-state index contributed by atoms with van der Waals surface area (Å²) in [5.74, 6) is -0.444. The third-order valence-electron chi connectivity index (χ3n) is 3.77. The van der Waals surface area contributed by atoms with Crippen LogP contribution >= 0.6 is 0 Å². The first-order chi connectivity index (χ1) is 12.7. The summed E-state index contributed by atoms with van der Waals surface area (Å²) in [6, 6.07) is 8.53. The molecule has 0 atom stereocenters. The van der Waals surface area contributed by atoms with Crippen LogP contribution in [0.5, 0.6) is 5.88 Å². The molecular weight excluding hydrogens is 346 g/mol. The van der Waals surface area contributed by atoms with Gasteiger partial charge in [0.25, 0.3) is 5.56 Å². The number of nitrogens with one attached hydrogen (secondary N) is 1. The van der Waals surface area contributed by atoms with E-state index in [1.807, 2.05) is 19.9 Å². The van der Waals surface area contributed by atoms with E-state index in [0.717, 1.165) is 4.57 Å². The summed E-state index contributed by atoms with van der Waals surface area (Å²) in [4.78, 5) is 23.7. The molecular formula is C19H21N5O3. The van der Waals surface area contributed by atoms with Crippen LogP contribution < -0.4 is 10.9 Å². The van der Waals surface area contributed by atoms with Crippen molar-refractivity contribution in [2.75, 3.05) is 5.32 Å². The van der Waals surface area contributed by atoms with Crippen LogP contribution in [0.1, 0.15) is 31.9 Å². The Morgan fingerprint density at radius 2 is 1.93 bits per heavy atom. The minimum Gasteiger partial charge on any atom is -0.493 e. The predicted molar refractivity (Wildman–Crippen MR) is 102 cm³/mol. The first-order valence-corrected chi connectivity index (χ1v) is 8.40. The number of nitriles is 1. The van der Waals surface area contributed by atoms with Gasteiger partial charge in [-0.2, -0.15) is 10.4 Å². The molecule has 0 radical (unpaired) electrons. The van der Waals surface area contributed by atoms with Gasteiger partial charge in [-0.05, 0) is 37.1 Å². The summed E-state index contributed by atoms with van der Waals surface area (Å²) < 4.78 is 1.14. The number of rotatable bonds is 5. The Bertz CT molecular complexity index is 982. The van der Waals surface area contributed by atoms with Crippen molar-refractivity contribution in [3.8, 4) is 11.9 Å². The number of azo groups is 1. The van der Waals surface area contributed by atoms with Crippen LogP contribution in [0.2, 0.25) is 0 Å². The molecule has 8 heteroatoms. The molecule has 0 aliphatic carbocycles. The Hall–Kier alpha value is -3.47. The van der Waals surface area contributed by atoms with E-state index in [9.17, 15) is 20.0 Å². The Morgan fingerprint density at radius 3 is 2.44 bits per heavy atom. The van der Waals surface area contributed by atoms with Crippen LogP contribution in [0.4, 0.5) is 17.1 Å². The zero-order valence-electron chi connectivity index (χ0n) is 15.6. The van der Waals surface area contributed by atoms with Crippen LogP contribution in [-0.2, 0) is 11.3 Å². The van der Waals surface area contributed by atoms with Crippen LogP contribution in [-0.4, -0.2) is 15.6 Å². The molecule has 0 saturated heterocycles. The second-order valence-corrected chi connectivity index (χ2v) is 6.52. The van der Waals surface area contributed by atoms with Crippen molar-refractivity contribution in [3.05, 3.63) is 45.7 Å².